The summed E-state index contributed by atoms with van der Waals surface area (Å²) in [7, 11) is 1.60. The van der Waals surface area contributed by atoms with Gasteiger partial charge >= 0.3 is 0 Å². The minimum absolute atomic E-state index is 0.110. The van der Waals surface area contributed by atoms with Gasteiger partial charge in [0.15, 0.2) is 4.34 Å². The van der Waals surface area contributed by atoms with Gasteiger partial charge in [-0.25, -0.2) is 0 Å². The van der Waals surface area contributed by atoms with Crippen molar-refractivity contribution in [3.63, 3.8) is 0 Å². The third-order valence-electron chi connectivity index (χ3n) is 3.11. The lowest BCUT2D eigenvalue weighted by atomic mass is 10.3. The first-order chi connectivity index (χ1) is 13.1. The Labute approximate surface area is 167 Å². The molecule has 0 saturated carbocycles. The highest BCUT2D eigenvalue weighted by molar-refractivity contribution is 8.01. The zero-order valence-corrected chi connectivity index (χ0v) is 16.5. The minimum atomic E-state index is -0.343. The Morgan fingerprint density at radius 2 is 2.07 bits per heavy atom. The summed E-state index contributed by atoms with van der Waals surface area (Å²) in [6.45, 7) is 0. The van der Waals surface area contributed by atoms with E-state index in [0.717, 1.165) is 11.4 Å². The van der Waals surface area contributed by atoms with Crippen LogP contribution in [-0.2, 0) is 4.79 Å². The highest BCUT2D eigenvalue weighted by Gasteiger charge is 2.11. The van der Waals surface area contributed by atoms with E-state index in [1.165, 1.54) is 34.4 Å². The summed E-state index contributed by atoms with van der Waals surface area (Å²) in [4.78, 5) is 24.1. The van der Waals surface area contributed by atoms with E-state index in [0.29, 0.717) is 14.3 Å². The number of amides is 2. The van der Waals surface area contributed by atoms with Gasteiger partial charge in [0, 0.05) is 11.8 Å². The minimum Gasteiger partial charge on any atom is -0.497 e. The topological polar surface area (TPSA) is 105 Å². The fraction of sp³-hybridized carbons (Fsp3) is 0.125. The van der Waals surface area contributed by atoms with Crippen LogP contribution in [0.2, 0.25) is 0 Å². The van der Waals surface area contributed by atoms with Crippen LogP contribution in [0.15, 0.2) is 46.1 Å². The molecule has 0 aliphatic carbocycles. The quantitative estimate of drug-likeness (QED) is 0.398. The number of ether oxygens (including phenoxy) is 1. The Morgan fingerprint density at radius 3 is 2.85 bits per heavy atom. The molecular weight excluding hydrogens is 406 g/mol. The number of benzene rings is 1. The van der Waals surface area contributed by atoms with Gasteiger partial charge in [0.2, 0.25) is 11.0 Å². The van der Waals surface area contributed by atoms with Gasteiger partial charge in [-0.05, 0) is 23.6 Å². The number of aromatic nitrogens is 2. The maximum absolute atomic E-state index is 11.8. The highest BCUT2D eigenvalue weighted by atomic mass is 32.2. The van der Waals surface area contributed by atoms with E-state index < -0.39 is 0 Å². The summed E-state index contributed by atoms with van der Waals surface area (Å²) in [6.07, 6.45) is 0. The van der Waals surface area contributed by atoms with Gasteiger partial charge < -0.3 is 10.1 Å². The van der Waals surface area contributed by atoms with Crippen molar-refractivity contribution < 1.29 is 14.3 Å². The van der Waals surface area contributed by atoms with Gasteiger partial charge in [-0.3, -0.25) is 20.4 Å². The van der Waals surface area contributed by atoms with Gasteiger partial charge in [-0.15, -0.1) is 21.5 Å². The second-order valence-corrected chi connectivity index (χ2v) is 8.15. The first kappa shape index (κ1) is 19.1. The van der Waals surface area contributed by atoms with Crippen molar-refractivity contribution in [3.05, 3.63) is 46.7 Å². The van der Waals surface area contributed by atoms with E-state index in [1.54, 1.807) is 24.6 Å². The Balaban J connectivity index is 1.44. The van der Waals surface area contributed by atoms with Crippen LogP contribution in [0.25, 0.3) is 0 Å². The largest absolute Gasteiger partial charge is 0.497 e. The van der Waals surface area contributed by atoms with E-state index in [9.17, 15) is 9.59 Å². The third-order valence-corrected chi connectivity index (χ3v) is 5.96. The molecule has 0 fully saturated rings. The fourth-order valence-electron chi connectivity index (χ4n) is 1.90. The molecular formula is C16H15N5O3S3. The average molecular weight is 422 g/mol. The summed E-state index contributed by atoms with van der Waals surface area (Å²) >= 11 is 3.86. The predicted molar refractivity (Wildman–Crippen MR) is 107 cm³/mol. The number of anilines is 2. The Morgan fingerprint density at radius 1 is 1.19 bits per heavy atom. The second kappa shape index (κ2) is 9.35. The van der Waals surface area contributed by atoms with Crippen molar-refractivity contribution in [1.82, 2.24) is 21.0 Å². The molecule has 3 N–H and O–H groups in total. The van der Waals surface area contributed by atoms with Gasteiger partial charge in [-0.1, -0.05) is 35.2 Å². The molecule has 0 aliphatic heterocycles. The zero-order valence-electron chi connectivity index (χ0n) is 14.1. The number of methoxy groups -OCH3 is 1. The molecule has 1 aromatic carbocycles. The molecule has 3 rings (SSSR count). The van der Waals surface area contributed by atoms with Gasteiger partial charge in [0.1, 0.15) is 5.75 Å². The molecule has 140 valence electrons. The number of hydrogen-bond donors (Lipinski definition) is 3. The maximum atomic E-state index is 11.8. The number of rotatable bonds is 7. The van der Waals surface area contributed by atoms with Gasteiger partial charge in [0.05, 0.1) is 17.7 Å². The lowest BCUT2D eigenvalue weighted by Crippen LogP contribution is -2.42. The Kier molecular flexibility index (Phi) is 6.63. The number of hydrogen-bond acceptors (Lipinski definition) is 9. The Bertz CT molecular complexity index is 914. The van der Waals surface area contributed by atoms with E-state index in [2.05, 4.69) is 26.4 Å². The van der Waals surface area contributed by atoms with Gasteiger partial charge in [-0.2, -0.15) is 0 Å². The predicted octanol–water partition coefficient (Wildman–Crippen LogP) is 2.91. The first-order valence-electron chi connectivity index (χ1n) is 7.64. The van der Waals surface area contributed by atoms with E-state index >= 15 is 0 Å². The van der Waals surface area contributed by atoms with Gasteiger partial charge in [0.25, 0.3) is 5.91 Å². The number of hydrazine groups is 1. The normalized spacial score (nSPS) is 10.3. The number of nitrogens with one attached hydrogen (secondary N) is 3. The van der Waals surface area contributed by atoms with E-state index in [-0.39, 0.29) is 17.6 Å². The molecule has 3 aromatic rings. The molecule has 2 heterocycles. The lowest BCUT2D eigenvalue weighted by Gasteiger charge is -2.05. The average Bonchev–Trinajstić information content (AvgIpc) is 3.37. The molecule has 2 amide bonds. The lowest BCUT2D eigenvalue weighted by molar-refractivity contribution is -0.119. The molecule has 0 bridgehead atoms. The summed E-state index contributed by atoms with van der Waals surface area (Å²) in [5.41, 5.74) is 5.58. The van der Waals surface area contributed by atoms with Crippen LogP contribution in [0.1, 0.15) is 9.67 Å². The monoisotopic (exact) mass is 421 g/mol. The Hall–Kier alpha value is -2.63. The van der Waals surface area contributed by atoms with Crippen molar-refractivity contribution >= 4 is 57.1 Å². The van der Waals surface area contributed by atoms with Crippen LogP contribution < -0.4 is 20.9 Å². The summed E-state index contributed by atoms with van der Waals surface area (Å²) in [5, 5.41) is 13.6. The second-order valence-electron chi connectivity index (χ2n) is 5.00. The molecule has 11 heteroatoms. The van der Waals surface area contributed by atoms with Crippen LogP contribution in [0.4, 0.5) is 10.8 Å². The molecule has 8 nitrogen and oxygen atoms in total. The third kappa shape index (κ3) is 5.67. The number of thioether (sulfide) groups is 1. The van der Waals surface area contributed by atoms with Crippen LogP contribution in [-0.4, -0.2) is 34.9 Å². The SMILES string of the molecule is COc1cccc(Nc2nnc(SCC(=O)NNC(=O)c3cccs3)s2)c1. The van der Waals surface area contributed by atoms with Crippen LogP contribution >= 0.6 is 34.4 Å². The van der Waals surface area contributed by atoms with Crippen molar-refractivity contribution in [3.8, 4) is 5.75 Å². The molecule has 0 radical (unpaired) electrons. The van der Waals surface area contributed by atoms with Crippen LogP contribution in [0.3, 0.4) is 0 Å². The van der Waals surface area contributed by atoms with E-state index in [4.69, 9.17) is 4.74 Å². The molecule has 0 atom stereocenters. The highest BCUT2D eigenvalue weighted by Crippen LogP contribution is 2.28. The molecule has 0 saturated heterocycles. The first-order valence-corrected chi connectivity index (χ1v) is 10.3. The number of thiophene rings is 1. The zero-order chi connectivity index (χ0) is 19.1. The fourth-order valence-corrected chi connectivity index (χ4v) is 4.09. The van der Waals surface area contributed by atoms with Crippen LogP contribution in [0.5, 0.6) is 5.75 Å². The van der Waals surface area contributed by atoms with Crippen molar-refractivity contribution in [1.29, 1.82) is 0 Å². The molecule has 0 aliphatic rings. The van der Waals surface area contributed by atoms with Crippen molar-refractivity contribution in [2.24, 2.45) is 0 Å². The molecule has 2 aromatic heterocycles. The summed E-state index contributed by atoms with van der Waals surface area (Å²) in [6, 6.07) is 10.9. The summed E-state index contributed by atoms with van der Waals surface area (Å²) in [5.74, 6) is 0.172. The summed E-state index contributed by atoms with van der Waals surface area (Å²) < 4.78 is 5.81. The van der Waals surface area contributed by atoms with Crippen molar-refractivity contribution in [2.45, 2.75) is 4.34 Å². The standard InChI is InChI=1S/C16H15N5O3S3/c1-24-11-5-2-4-10(8-11)17-15-20-21-16(27-15)26-9-13(22)18-19-14(23)12-6-3-7-25-12/h2-8H,9H2,1H3,(H,17,20)(H,18,22)(H,19,23). The molecule has 0 unspecified atom stereocenters. The number of nitrogens with zero attached hydrogens (tertiary/aromatic N) is 2. The smallest absolute Gasteiger partial charge is 0.279 e. The number of carbonyl (C=O) groups is 2. The molecule has 0 spiro atoms. The number of carbonyl (C=O) groups excluding carboxylic acids is 2. The molecule has 27 heavy (non-hydrogen) atoms. The van der Waals surface area contributed by atoms with Crippen LogP contribution in [0, 0.1) is 0 Å². The van der Waals surface area contributed by atoms with E-state index in [1.807, 2.05) is 24.3 Å². The van der Waals surface area contributed by atoms with Crippen molar-refractivity contribution in [2.75, 3.05) is 18.2 Å². The maximum Gasteiger partial charge on any atom is 0.279 e.